The molecule has 1 atom stereocenters. The standard InChI is InChI=1S/C22H32N4O2/c1-16-5-4-11-22(2,3)19(16)15-26-12-10-18(14-26)24-20-8-6-17(13-23-20)7-9-21(27)25-28/h6-9,13,18,28H,4-5,10-12,14-15H2,1-3H3,(H,23,24)(H,25,27)/t18-/m1/s1. The molecule has 1 amide bonds. The number of rotatable bonds is 6. The number of pyridine rings is 1. The summed E-state index contributed by atoms with van der Waals surface area (Å²) in [6, 6.07) is 4.24. The highest BCUT2D eigenvalue weighted by Gasteiger charge is 2.31. The number of likely N-dealkylation sites (tertiary alicyclic amines) is 1. The summed E-state index contributed by atoms with van der Waals surface area (Å²) < 4.78 is 0. The van der Waals surface area contributed by atoms with Gasteiger partial charge >= 0.3 is 0 Å². The minimum atomic E-state index is -0.556. The lowest BCUT2D eigenvalue weighted by Gasteiger charge is -2.36. The van der Waals surface area contributed by atoms with Crippen LogP contribution in [0.15, 0.2) is 35.6 Å². The van der Waals surface area contributed by atoms with E-state index in [1.807, 2.05) is 12.1 Å². The van der Waals surface area contributed by atoms with Crippen LogP contribution in [0.25, 0.3) is 6.08 Å². The molecule has 1 saturated heterocycles. The number of anilines is 1. The number of amides is 1. The molecule has 6 nitrogen and oxygen atoms in total. The summed E-state index contributed by atoms with van der Waals surface area (Å²) in [7, 11) is 0. The Morgan fingerprint density at radius 2 is 2.25 bits per heavy atom. The summed E-state index contributed by atoms with van der Waals surface area (Å²) in [6.07, 6.45) is 9.57. The van der Waals surface area contributed by atoms with Crippen LogP contribution in [0, 0.1) is 5.41 Å². The zero-order valence-electron chi connectivity index (χ0n) is 17.2. The first-order valence-corrected chi connectivity index (χ1v) is 10.1. The van der Waals surface area contributed by atoms with E-state index in [1.165, 1.54) is 25.3 Å². The van der Waals surface area contributed by atoms with Gasteiger partial charge in [0.05, 0.1) is 0 Å². The maximum Gasteiger partial charge on any atom is 0.267 e. The first-order valence-electron chi connectivity index (χ1n) is 10.1. The first kappa shape index (κ1) is 20.6. The van der Waals surface area contributed by atoms with Gasteiger partial charge in [0.15, 0.2) is 0 Å². The molecule has 1 aromatic heterocycles. The van der Waals surface area contributed by atoms with Gasteiger partial charge in [-0.2, -0.15) is 0 Å². The number of carbonyl (C=O) groups is 1. The van der Waals surface area contributed by atoms with Crippen LogP contribution < -0.4 is 10.8 Å². The van der Waals surface area contributed by atoms with Crippen molar-refractivity contribution in [1.29, 1.82) is 0 Å². The number of carbonyl (C=O) groups excluding carboxylic acids is 1. The molecule has 1 aliphatic carbocycles. The van der Waals surface area contributed by atoms with Crippen molar-refractivity contribution in [3.05, 3.63) is 41.1 Å². The van der Waals surface area contributed by atoms with E-state index in [0.717, 1.165) is 37.4 Å². The zero-order chi connectivity index (χ0) is 20.1. The minimum absolute atomic E-state index is 0.325. The molecular weight excluding hydrogens is 352 g/mol. The second kappa shape index (κ2) is 8.88. The van der Waals surface area contributed by atoms with Gasteiger partial charge in [0.2, 0.25) is 0 Å². The Kier molecular flexibility index (Phi) is 6.52. The van der Waals surface area contributed by atoms with Crippen LogP contribution >= 0.6 is 0 Å². The fourth-order valence-electron chi connectivity index (χ4n) is 4.35. The molecule has 2 aliphatic rings. The lowest BCUT2D eigenvalue weighted by Crippen LogP contribution is -2.33. The van der Waals surface area contributed by atoms with Gasteiger partial charge in [-0.3, -0.25) is 14.9 Å². The van der Waals surface area contributed by atoms with E-state index in [2.05, 4.69) is 36.0 Å². The van der Waals surface area contributed by atoms with E-state index in [-0.39, 0.29) is 0 Å². The second-order valence-corrected chi connectivity index (χ2v) is 8.65. The molecule has 0 spiro atoms. The Bertz CT molecular complexity index is 752. The van der Waals surface area contributed by atoms with Crippen molar-refractivity contribution in [2.45, 2.75) is 52.5 Å². The van der Waals surface area contributed by atoms with Gasteiger partial charge in [-0.1, -0.05) is 25.0 Å². The number of hydrogen-bond donors (Lipinski definition) is 3. The lowest BCUT2D eigenvalue weighted by atomic mass is 9.72. The van der Waals surface area contributed by atoms with Gasteiger partial charge in [0.25, 0.3) is 5.91 Å². The van der Waals surface area contributed by atoms with Crippen molar-refractivity contribution in [3.8, 4) is 0 Å². The molecule has 1 aromatic rings. The zero-order valence-corrected chi connectivity index (χ0v) is 17.2. The first-order chi connectivity index (χ1) is 13.4. The molecule has 3 N–H and O–H groups in total. The fourth-order valence-corrected chi connectivity index (χ4v) is 4.35. The fraction of sp³-hybridized carbons (Fsp3) is 0.545. The van der Waals surface area contributed by atoms with Gasteiger partial charge in [0.1, 0.15) is 5.82 Å². The molecule has 0 aromatic carbocycles. The van der Waals surface area contributed by atoms with Gasteiger partial charge in [-0.25, -0.2) is 10.5 Å². The van der Waals surface area contributed by atoms with E-state index >= 15 is 0 Å². The molecule has 2 heterocycles. The molecule has 0 unspecified atom stereocenters. The molecule has 1 fully saturated rings. The Labute approximate surface area is 167 Å². The third-order valence-corrected chi connectivity index (χ3v) is 6.02. The molecule has 3 rings (SSSR count). The van der Waals surface area contributed by atoms with E-state index in [4.69, 9.17) is 5.21 Å². The molecule has 0 saturated carbocycles. The van der Waals surface area contributed by atoms with E-state index in [0.29, 0.717) is 11.5 Å². The van der Waals surface area contributed by atoms with Crippen molar-refractivity contribution in [2.24, 2.45) is 5.41 Å². The molecule has 152 valence electrons. The highest BCUT2D eigenvalue weighted by molar-refractivity contribution is 5.90. The van der Waals surface area contributed by atoms with Crippen molar-refractivity contribution in [2.75, 3.05) is 25.0 Å². The van der Waals surface area contributed by atoms with Crippen molar-refractivity contribution in [3.63, 3.8) is 0 Å². The third-order valence-electron chi connectivity index (χ3n) is 6.02. The van der Waals surface area contributed by atoms with Crippen LogP contribution in [0.4, 0.5) is 5.82 Å². The summed E-state index contributed by atoms with van der Waals surface area (Å²) in [6.45, 7) is 10.3. The van der Waals surface area contributed by atoms with Crippen LogP contribution in [-0.4, -0.2) is 46.7 Å². The largest absolute Gasteiger partial charge is 0.366 e. The number of allylic oxidation sites excluding steroid dienone is 1. The number of hydroxylamine groups is 1. The second-order valence-electron chi connectivity index (χ2n) is 8.65. The van der Waals surface area contributed by atoms with Crippen molar-refractivity contribution in [1.82, 2.24) is 15.4 Å². The Balaban J connectivity index is 1.53. The predicted molar refractivity (Wildman–Crippen MR) is 112 cm³/mol. The SMILES string of the molecule is CC1=C(CN2CC[C@@H](Nc3ccc(C=CC(=O)NO)cn3)C2)C(C)(C)CCC1. The monoisotopic (exact) mass is 384 g/mol. The van der Waals surface area contributed by atoms with Crippen molar-refractivity contribution >= 4 is 17.8 Å². The van der Waals surface area contributed by atoms with Gasteiger partial charge in [0, 0.05) is 37.9 Å². The maximum atomic E-state index is 11.0. The Morgan fingerprint density at radius 3 is 2.93 bits per heavy atom. The van der Waals surface area contributed by atoms with Gasteiger partial charge in [-0.15, -0.1) is 0 Å². The van der Waals surface area contributed by atoms with Crippen LogP contribution in [0.5, 0.6) is 0 Å². The molecular formula is C22H32N4O2. The smallest absolute Gasteiger partial charge is 0.267 e. The highest BCUT2D eigenvalue weighted by atomic mass is 16.5. The summed E-state index contributed by atoms with van der Waals surface area (Å²) >= 11 is 0. The van der Waals surface area contributed by atoms with Crippen molar-refractivity contribution < 1.29 is 10.0 Å². The Morgan fingerprint density at radius 1 is 1.43 bits per heavy atom. The normalized spacial score (nSPS) is 22.6. The third kappa shape index (κ3) is 5.20. The van der Waals surface area contributed by atoms with Crippen LogP contribution in [0.3, 0.4) is 0 Å². The van der Waals surface area contributed by atoms with Crippen LogP contribution in [-0.2, 0) is 4.79 Å². The topological polar surface area (TPSA) is 77.5 Å². The quantitative estimate of drug-likeness (QED) is 0.302. The minimum Gasteiger partial charge on any atom is -0.366 e. The van der Waals surface area contributed by atoms with Crippen LogP contribution in [0.2, 0.25) is 0 Å². The van der Waals surface area contributed by atoms with Gasteiger partial charge in [-0.05, 0) is 61.8 Å². The molecule has 0 radical (unpaired) electrons. The van der Waals surface area contributed by atoms with Gasteiger partial charge < -0.3 is 5.32 Å². The lowest BCUT2D eigenvalue weighted by molar-refractivity contribution is -0.124. The summed E-state index contributed by atoms with van der Waals surface area (Å²) in [5.41, 5.74) is 5.93. The number of nitrogens with zero attached hydrogens (tertiary/aromatic N) is 2. The molecule has 0 bridgehead atoms. The molecule has 28 heavy (non-hydrogen) atoms. The number of aromatic nitrogens is 1. The summed E-state index contributed by atoms with van der Waals surface area (Å²) in [5.74, 6) is 0.295. The summed E-state index contributed by atoms with van der Waals surface area (Å²) in [5, 5.41) is 12.0. The van der Waals surface area contributed by atoms with E-state index in [9.17, 15) is 4.79 Å². The average molecular weight is 385 g/mol. The Hall–Kier alpha value is -2.18. The highest BCUT2D eigenvalue weighted by Crippen LogP contribution is 2.40. The molecule has 6 heteroatoms. The predicted octanol–water partition coefficient (Wildman–Crippen LogP) is 3.61. The summed E-state index contributed by atoms with van der Waals surface area (Å²) in [4.78, 5) is 18.0. The molecule has 1 aliphatic heterocycles. The number of hydrogen-bond acceptors (Lipinski definition) is 5. The number of nitrogens with one attached hydrogen (secondary N) is 2. The maximum absolute atomic E-state index is 11.0. The van der Waals surface area contributed by atoms with Crippen LogP contribution in [0.1, 0.15) is 52.0 Å². The van der Waals surface area contributed by atoms with E-state index in [1.54, 1.807) is 28.9 Å². The van der Waals surface area contributed by atoms with E-state index < -0.39 is 5.91 Å². The average Bonchev–Trinajstić information content (AvgIpc) is 3.11.